The van der Waals surface area contributed by atoms with Gasteiger partial charge in [0.1, 0.15) is 0 Å². The third-order valence-electron chi connectivity index (χ3n) is 0. The normalized spacial score (nSPS) is 0. The van der Waals surface area contributed by atoms with E-state index >= 15 is 0 Å². The molecule has 0 saturated heterocycles. The van der Waals surface area contributed by atoms with Gasteiger partial charge in [-0.1, -0.05) is 0 Å². The van der Waals surface area contributed by atoms with Crippen LogP contribution in [0.5, 0.6) is 0 Å². The Kier molecular flexibility index (Phi) is 20900. The van der Waals surface area contributed by atoms with Crippen molar-refractivity contribution in [2.24, 2.45) is 0 Å². The predicted octanol–water partition coefficient (Wildman–Crippen LogP) is -15.6. The second-order valence-corrected chi connectivity index (χ2v) is 0. The number of rotatable bonds is 0. The zero-order valence-electron chi connectivity index (χ0n) is 7.50. The molecule has 15 nitrogen and oxygen atoms in total. The first-order valence-electron chi connectivity index (χ1n) is 0. The van der Waals surface area contributed by atoms with Gasteiger partial charge in [0, 0.05) is 0 Å². The van der Waals surface area contributed by atoms with Gasteiger partial charge < -0.3 is 82.1 Å². The van der Waals surface area contributed by atoms with Gasteiger partial charge in [0.25, 0.3) is 0 Å². The molecule has 0 aliphatic rings. The molecule has 0 unspecified atom stereocenters. The van der Waals surface area contributed by atoms with E-state index in [9.17, 15) is 0 Å². The molecule has 0 atom stereocenters. The van der Waals surface area contributed by atoms with Crippen LogP contribution in [0.25, 0.3) is 0 Å². The van der Waals surface area contributed by atoms with Crippen LogP contribution in [0.1, 0.15) is 0 Å². The molecule has 0 spiro atoms. The molecule has 0 fully saturated rings. The predicted molar refractivity (Wildman–Crippen MR) is 90.0 cm³/mol. The topological polar surface area (TPSA) is 472 Å². The zero-order chi connectivity index (χ0) is 0. The third-order valence-corrected chi connectivity index (χ3v) is 0. The van der Waals surface area contributed by atoms with E-state index in [4.69, 9.17) is 0 Å². The van der Waals surface area contributed by atoms with Crippen LogP contribution in [-0.4, -0.2) is 230 Å². The van der Waals surface area contributed by atoms with Crippen molar-refractivity contribution in [1.29, 1.82) is 0 Å². The summed E-state index contributed by atoms with van der Waals surface area (Å²) >= 11 is 0. The van der Waals surface area contributed by atoms with Crippen LogP contribution >= 0.6 is 0 Å². The van der Waals surface area contributed by atoms with Crippen LogP contribution < -0.4 is 0 Å². The molecule has 0 heterocycles. The van der Waals surface area contributed by atoms with E-state index in [-0.39, 0.29) is 230 Å². The Morgan fingerprint density at radius 3 is 0.100 bits per heavy atom. The first kappa shape index (κ1) is 690. The summed E-state index contributed by atoms with van der Waals surface area (Å²) in [4.78, 5) is 0. The first-order chi connectivity index (χ1) is 0. The molecule has 0 aromatic heterocycles. The fraction of sp³-hybridized carbons (Fsp3) is 0. The van der Waals surface area contributed by atoms with Crippen molar-refractivity contribution in [3.63, 3.8) is 0 Å². The van der Waals surface area contributed by atoms with Crippen LogP contribution in [-0.2, 0) is 0 Å². The van der Waals surface area contributed by atoms with Gasteiger partial charge in [0.2, 0.25) is 0 Å². The fourth-order valence-corrected chi connectivity index (χ4v) is 0. The Bertz CT molecular complexity index is 16.2. The summed E-state index contributed by atoms with van der Waals surface area (Å²) < 4.78 is 0. The number of hydrogen-bond donors (Lipinski definition) is 0. The quantitative estimate of drug-likeness (QED) is 0.347. The molecule has 30 N–H and O–H groups in total. The van der Waals surface area contributed by atoms with Crippen molar-refractivity contribution in [1.82, 2.24) is 0 Å². The molecule has 0 bridgehead atoms. The monoisotopic (exact) mass is 390 g/mol. The van der Waals surface area contributed by atoms with Gasteiger partial charge in [-0.25, -0.2) is 0 Å². The summed E-state index contributed by atoms with van der Waals surface area (Å²) in [5.74, 6) is 0. The van der Waals surface area contributed by atoms with Crippen LogP contribution in [0.15, 0.2) is 0 Å². The van der Waals surface area contributed by atoms with E-state index in [0.29, 0.717) is 0 Å². The summed E-state index contributed by atoms with van der Waals surface area (Å²) in [7, 11) is 0. The van der Waals surface area contributed by atoms with Crippen molar-refractivity contribution >= 4 is 148 Å². The molecule has 20 heteroatoms. The molecule has 20 heavy (non-hydrogen) atoms. The Hall–Kier alpha value is 4.40. The van der Waals surface area contributed by atoms with E-state index in [2.05, 4.69) is 0 Å². The van der Waals surface area contributed by atoms with E-state index in [1.165, 1.54) is 0 Å². The Balaban J connectivity index is 0. The van der Waals surface area contributed by atoms with Gasteiger partial charge in [0.05, 0.1) is 0 Å². The van der Waals surface area contributed by atoms with Gasteiger partial charge >= 0.3 is 148 Å². The molecule has 0 rings (SSSR count). The molecule has 0 aromatic rings. The molecule has 0 amide bonds. The summed E-state index contributed by atoms with van der Waals surface area (Å²) in [5.41, 5.74) is 0. The van der Waals surface area contributed by atoms with Gasteiger partial charge in [-0.15, -0.1) is 0 Å². The standard InChI is InChI=1S/5Na.15H2O.5H/h;;;;;15*1H2;;;;;. The molecular weight excluding hydrogens is 355 g/mol. The maximum atomic E-state index is 0. The van der Waals surface area contributed by atoms with E-state index in [1.54, 1.807) is 0 Å². The Morgan fingerprint density at radius 1 is 0.100 bits per heavy atom. The second-order valence-electron chi connectivity index (χ2n) is 0. The fourth-order valence-electron chi connectivity index (χ4n) is 0. The van der Waals surface area contributed by atoms with Gasteiger partial charge in [0.15, 0.2) is 0 Å². The zero-order valence-corrected chi connectivity index (χ0v) is 7.50. The average Bonchev–Trinajstić information content (AvgIpc) is 0. The molecule has 0 radical (unpaired) electrons. The van der Waals surface area contributed by atoms with Crippen molar-refractivity contribution < 1.29 is 82.1 Å². The third kappa shape index (κ3) is 530. The first-order valence-corrected chi connectivity index (χ1v) is 0. The molecule has 0 saturated carbocycles. The maximum absolute atomic E-state index is 0. The second kappa shape index (κ2) is 606. The molecule has 0 aromatic carbocycles. The van der Waals surface area contributed by atoms with Crippen molar-refractivity contribution in [3.8, 4) is 0 Å². The average molecular weight is 390 g/mol. The summed E-state index contributed by atoms with van der Waals surface area (Å²) in [6, 6.07) is 0. The number of hydrogen-bond acceptors (Lipinski definition) is 0. The minimum absolute atomic E-state index is 0. The Morgan fingerprint density at radius 2 is 0.100 bits per heavy atom. The van der Waals surface area contributed by atoms with E-state index < -0.39 is 0 Å². The van der Waals surface area contributed by atoms with Crippen molar-refractivity contribution in [2.75, 3.05) is 0 Å². The molecular formula is H35Na5O15. The molecule has 130 valence electrons. The molecule has 0 aliphatic carbocycles. The van der Waals surface area contributed by atoms with Crippen LogP contribution in [0.3, 0.4) is 0 Å². The van der Waals surface area contributed by atoms with E-state index in [1.807, 2.05) is 0 Å². The van der Waals surface area contributed by atoms with Gasteiger partial charge in [-0.05, 0) is 0 Å². The van der Waals surface area contributed by atoms with Gasteiger partial charge in [-0.3, -0.25) is 0 Å². The van der Waals surface area contributed by atoms with Crippen LogP contribution in [0, 0.1) is 0 Å². The summed E-state index contributed by atoms with van der Waals surface area (Å²) in [6.07, 6.45) is 0. The van der Waals surface area contributed by atoms with Crippen molar-refractivity contribution in [2.45, 2.75) is 0 Å². The Labute approximate surface area is 226 Å². The van der Waals surface area contributed by atoms with Crippen LogP contribution in [0.2, 0.25) is 0 Å². The SMILES string of the molecule is O.O.O.O.O.O.O.O.O.O.O.O.O.O.O.[NaH].[NaH].[NaH].[NaH].[NaH]. The summed E-state index contributed by atoms with van der Waals surface area (Å²) in [5, 5.41) is 0. The van der Waals surface area contributed by atoms with Crippen LogP contribution in [0.4, 0.5) is 0 Å². The van der Waals surface area contributed by atoms with Crippen molar-refractivity contribution in [3.05, 3.63) is 0 Å². The van der Waals surface area contributed by atoms with Gasteiger partial charge in [-0.2, -0.15) is 0 Å². The van der Waals surface area contributed by atoms with E-state index in [0.717, 1.165) is 0 Å². The minimum atomic E-state index is 0. The molecule has 0 aliphatic heterocycles. The summed E-state index contributed by atoms with van der Waals surface area (Å²) in [6.45, 7) is 0.